The van der Waals surface area contributed by atoms with E-state index in [4.69, 9.17) is 0 Å². The summed E-state index contributed by atoms with van der Waals surface area (Å²) >= 11 is 3.19. The highest BCUT2D eigenvalue weighted by Crippen LogP contribution is 2.13. The average Bonchev–Trinajstić information content (AvgIpc) is 2.48. The molecule has 0 atom stereocenters. The molecular weight excluding hydrogens is 339 g/mol. The van der Waals surface area contributed by atoms with Crippen molar-refractivity contribution in [1.29, 1.82) is 0 Å². The van der Waals surface area contributed by atoms with E-state index in [1.165, 1.54) is 24.4 Å². The number of hydrogen-bond acceptors (Lipinski definition) is 3. The van der Waals surface area contributed by atoms with Crippen molar-refractivity contribution >= 4 is 33.3 Å². The summed E-state index contributed by atoms with van der Waals surface area (Å²) < 4.78 is 14.1. The topological polar surface area (TPSA) is 59.1 Å². The van der Waals surface area contributed by atoms with Crippen molar-refractivity contribution in [3.05, 3.63) is 58.6 Å². The summed E-state index contributed by atoms with van der Waals surface area (Å²) in [5.41, 5.74) is 0.553. The molecule has 4 nitrogen and oxygen atoms in total. The summed E-state index contributed by atoms with van der Waals surface area (Å²) in [6.45, 7) is 0. The van der Waals surface area contributed by atoms with Gasteiger partial charge >= 0.3 is 0 Å². The standard InChI is InChI=1S/C15H12BrFN2O2/c16-14-7-5-10(9-18-14)19-15(21)8-6-13(20)11-3-1-2-4-12(11)17/h1-5,7,9H,6,8H2,(H,19,21). The highest BCUT2D eigenvalue weighted by Gasteiger charge is 2.13. The molecule has 6 heteroatoms. The number of Topliss-reactive ketones (excluding diaryl/α,β-unsaturated/α-hetero) is 1. The van der Waals surface area contributed by atoms with Gasteiger partial charge in [0.2, 0.25) is 5.91 Å². The second-order valence-electron chi connectivity index (χ2n) is 4.32. The third-order valence-electron chi connectivity index (χ3n) is 2.76. The normalized spacial score (nSPS) is 10.2. The van der Waals surface area contributed by atoms with E-state index in [1.54, 1.807) is 18.2 Å². The van der Waals surface area contributed by atoms with Crippen molar-refractivity contribution in [1.82, 2.24) is 4.98 Å². The molecule has 0 radical (unpaired) electrons. The molecular formula is C15H12BrFN2O2. The van der Waals surface area contributed by atoms with Gasteiger partial charge in [-0.1, -0.05) is 12.1 Å². The van der Waals surface area contributed by atoms with Crippen molar-refractivity contribution < 1.29 is 14.0 Å². The number of aromatic nitrogens is 1. The Labute approximate surface area is 129 Å². The smallest absolute Gasteiger partial charge is 0.224 e. The molecule has 0 bridgehead atoms. The fraction of sp³-hybridized carbons (Fsp3) is 0.133. The summed E-state index contributed by atoms with van der Waals surface area (Å²) in [7, 11) is 0. The van der Waals surface area contributed by atoms with Crippen LogP contribution in [0.4, 0.5) is 10.1 Å². The number of anilines is 1. The van der Waals surface area contributed by atoms with E-state index in [1.807, 2.05) is 0 Å². The lowest BCUT2D eigenvalue weighted by Gasteiger charge is -2.05. The average molecular weight is 351 g/mol. The van der Waals surface area contributed by atoms with E-state index in [0.717, 1.165) is 0 Å². The zero-order chi connectivity index (χ0) is 15.2. The molecule has 0 aliphatic rings. The Morgan fingerprint density at radius 3 is 2.57 bits per heavy atom. The number of pyridine rings is 1. The first-order chi connectivity index (χ1) is 10.1. The van der Waals surface area contributed by atoms with E-state index in [9.17, 15) is 14.0 Å². The first-order valence-electron chi connectivity index (χ1n) is 6.25. The predicted molar refractivity (Wildman–Crippen MR) is 80.5 cm³/mol. The monoisotopic (exact) mass is 350 g/mol. The highest BCUT2D eigenvalue weighted by molar-refractivity contribution is 9.10. The fourth-order valence-electron chi connectivity index (χ4n) is 1.72. The van der Waals surface area contributed by atoms with Gasteiger partial charge in [-0.2, -0.15) is 0 Å². The van der Waals surface area contributed by atoms with Gasteiger partial charge in [-0.25, -0.2) is 9.37 Å². The quantitative estimate of drug-likeness (QED) is 0.662. The molecule has 0 fully saturated rings. The van der Waals surface area contributed by atoms with Crippen LogP contribution in [-0.2, 0) is 4.79 Å². The maximum Gasteiger partial charge on any atom is 0.224 e. The second-order valence-corrected chi connectivity index (χ2v) is 5.13. The summed E-state index contributed by atoms with van der Waals surface area (Å²) in [4.78, 5) is 27.5. The number of halogens is 2. The summed E-state index contributed by atoms with van der Waals surface area (Å²) in [6.07, 6.45) is 1.45. The van der Waals surface area contributed by atoms with Crippen molar-refractivity contribution in [3.8, 4) is 0 Å². The van der Waals surface area contributed by atoms with Gasteiger partial charge in [0.25, 0.3) is 0 Å². The van der Waals surface area contributed by atoms with Crippen molar-refractivity contribution in [2.75, 3.05) is 5.32 Å². The largest absolute Gasteiger partial charge is 0.325 e. The van der Waals surface area contributed by atoms with Crippen LogP contribution in [-0.4, -0.2) is 16.7 Å². The number of nitrogens with one attached hydrogen (secondary N) is 1. The maximum atomic E-state index is 13.4. The minimum absolute atomic E-state index is 0.00982. The molecule has 1 N–H and O–H groups in total. The minimum Gasteiger partial charge on any atom is -0.325 e. The first kappa shape index (κ1) is 15.3. The molecule has 0 saturated heterocycles. The number of hydrogen-bond donors (Lipinski definition) is 1. The number of benzene rings is 1. The van der Waals surface area contributed by atoms with Gasteiger partial charge in [0.1, 0.15) is 10.4 Å². The molecule has 108 valence electrons. The van der Waals surface area contributed by atoms with Crippen LogP contribution in [0.1, 0.15) is 23.2 Å². The molecule has 1 aromatic heterocycles. The second kappa shape index (κ2) is 7.08. The zero-order valence-electron chi connectivity index (χ0n) is 11.0. The van der Waals surface area contributed by atoms with Crippen LogP contribution in [0.25, 0.3) is 0 Å². The Morgan fingerprint density at radius 2 is 1.90 bits per heavy atom. The molecule has 0 aliphatic heterocycles. The third-order valence-corrected chi connectivity index (χ3v) is 3.23. The van der Waals surface area contributed by atoms with Crippen LogP contribution >= 0.6 is 15.9 Å². The molecule has 1 amide bonds. The molecule has 0 spiro atoms. The van der Waals surface area contributed by atoms with Gasteiger partial charge in [-0.15, -0.1) is 0 Å². The van der Waals surface area contributed by atoms with Crippen molar-refractivity contribution in [2.24, 2.45) is 0 Å². The van der Waals surface area contributed by atoms with Crippen LogP contribution in [0.3, 0.4) is 0 Å². The Kier molecular flexibility index (Phi) is 5.16. The van der Waals surface area contributed by atoms with Crippen LogP contribution < -0.4 is 5.32 Å². The van der Waals surface area contributed by atoms with Crippen LogP contribution in [0.5, 0.6) is 0 Å². The van der Waals surface area contributed by atoms with E-state index in [-0.39, 0.29) is 24.3 Å². The number of nitrogens with zero attached hydrogens (tertiary/aromatic N) is 1. The Balaban J connectivity index is 1.88. The Hall–Kier alpha value is -2.08. The summed E-state index contributed by atoms with van der Waals surface area (Å²) in [5, 5.41) is 2.62. The molecule has 2 rings (SSSR count). The molecule has 1 heterocycles. The maximum absolute atomic E-state index is 13.4. The molecule has 2 aromatic rings. The molecule has 1 aromatic carbocycles. The van der Waals surface area contributed by atoms with Gasteiger partial charge in [0.15, 0.2) is 5.78 Å². The number of carbonyl (C=O) groups excluding carboxylic acids is 2. The minimum atomic E-state index is -0.569. The number of carbonyl (C=O) groups is 2. The Morgan fingerprint density at radius 1 is 1.14 bits per heavy atom. The van der Waals surface area contributed by atoms with E-state index in [2.05, 4.69) is 26.2 Å². The fourth-order valence-corrected chi connectivity index (χ4v) is 1.96. The predicted octanol–water partition coefficient (Wildman–Crippen LogP) is 3.58. The van der Waals surface area contributed by atoms with E-state index < -0.39 is 11.6 Å². The van der Waals surface area contributed by atoms with Crippen LogP contribution in [0, 0.1) is 5.82 Å². The zero-order valence-corrected chi connectivity index (χ0v) is 12.6. The van der Waals surface area contributed by atoms with Gasteiger partial charge in [0.05, 0.1) is 17.4 Å². The lowest BCUT2D eigenvalue weighted by molar-refractivity contribution is -0.116. The lowest BCUT2D eigenvalue weighted by Crippen LogP contribution is -2.14. The molecule has 0 saturated carbocycles. The SMILES string of the molecule is O=C(CCC(=O)c1ccccc1F)Nc1ccc(Br)nc1. The number of rotatable bonds is 5. The summed E-state index contributed by atoms with van der Waals surface area (Å²) in [6, 6.07) is 9.12. The van der Waals surface area contributed by atoms with E-state index >= 15 is 0 Å². The van der Waals surface area contributed by atoms with Crippen LogP contribution in [0.2, 0.25) is 0 Å². The van der Waals surface area contributed by atoms with E-state index in [0.29, 0.717) is 10.3 Å². The van der Waals surface area contributed by atoms with Crippen LogP contribution in [0.15, 0.2) is 47.2 Å². The van der Waals surface area contributed by atoms with Gasteiger partial charge in [-0.3, -0.25) is 9.59 Å². The highest BCUT2D eigenvalue weighted by atomic mass is 79.9. The lowest BCUT2D eigenvalue weighted by atomic mass is 10.1. The number of amides is 1. The van der Waals surface area contributed by atoms with Gasteiger partial charge in [-0.05, 0) is 40.2 Å². The molecule has 21 heavy (non-hydrogen) atoms. The molecule has 0 aliphatic carbocycles. The van der Waals surface area contributed by atoms with Crippen molar-refractivity contribution in [2.45, 2.75) is 12.8 Å². The molecule has 0 unspecified atom stereocenters. The number of ketones is 1. The summed E-state index contributed by atoms with van der Waals surface area (Å²) in [5.74, 6) is -1.28. The van der Waals surface area contributed by atoms with Crippen molar-refractivity contribution in [3.63, 3.8) is 0 Å². The third kappa shape index (κ3) is 4.46. The Bertz CT molecular complexity index is 659. The van der Waals surface area contributed by atoms with Gasteiger partial charge in [0, 0.05) is 12.8 Å². The van der Waals surface area contributed by atoms with Gasteiger partial charge < -0.3 is 5.32 Å². The first-order valence-corrected chi connectivity index (χ1v) is 7.04.